The van der Waals surface area contributed by atoms with E-state index in [4.69, 9.17) is 0 Å². The van der Waals surface area contributed by atoms with Crippen molar-refractivity contribution in [2.45, 2.75) is 24.0 Å². The Hall–Kier alpha value is -1.50. The number of fused-ring (bicyclic) bond motifs is 1. The monoisotopic (exact) mass is 388 g/mol. The number of carbonyl (C=O) groups is 1. The van der Waals surface area contributed by atoms with Crippen LogP contribution in [0, 0.1) is 5.82 Å². The molecule has 0 saturated carbocycles. The molecule has 26 heavy (non-hydrogen) atoms. The van der Waals surface area contributed by atoms with Gasteiger partial charge in [0, 0.05) is 12.1 Å². The first kappa shape index (κ1) is 17.9. The van der Waals surface area contributed by atoms with Gasteiger partial charge in [0.25, 0.3) is 5.91 Å². The molecule has 2 aromatic carbocycles. The van der Waals surface area contributed by atoms with Crippen molar-refractivity contribution in [3.63, 3.8) is 0 Å². The highest BCUT2D eigenvalue weighted by Crippen LogP contribution is 2.43. The van der Waals surface area contributed by atoms with Gasteiger partial charge in [0.1, 0.15) is 5.82 Å². The lowest BCUT2D eigenvalue weighted by Gasteiger charge is -2.21. The first-order chi connectivity index (χ1) is 12.7. The fourth-order valence-corrected chi connectivity index (χ4v) is 6.19. The highest BCUT2D eigenvalue weighted by atomic mass is 32.2. The Bertz CT molecular complexity index is 804. The SMILES string of the molecule is O=C(Nc1ccc2c(c1F)CCNC2)c1ccc(C2SCCCS2)cc1. The standard InChI is InChI=1S/C20H21FN2OS2/c21-18-16-8-9-22-12-15(16)6-7-17(18)23-19(24)13-2-4-14(5-3-13)20-25-10-1-11-26-20/h2-7,20,22H,1,8-12H2,(H,23,24). The summed E-state index contributed by atoms with van der Waals surface area (Å²) in [4.78, 5) is 12.5. The van der Waals surface area contributed by atoms with Crippen molar-refractivity contribution in [2.24, 2.45) is 0 Å². The number of nitrogens with one attached hydrogen (secondary N) is 2. The van der Waals surface area contributed by atoms with Gasteiger partial charge in [-0.05, 0) is 65.8 Å². The van der Waals surface area contributed by atoms with Crippen LogP contribution < -0.4 is 10.6 Å². The molecule has 2 aromatic rings. The summed E-state index contributed by atoms with van der Waals surface area (Å²) < 4.78 is 15.1. The molecule has 136 valence electrons. The number of carbonyl (C=O) groups excluding carboxylic acids is 1. The van der Waals surface area contributed by atoms with Gasteiger partial charge in [-0.2, -0.15) is 0 Å². The van der Waals surface area contributed by atoms with Gasteiger partial charge in [-0.1, -0.05) is 18.2 Å². The van der Waals surface area contributed by atoms with Crippen LogP contribution >= 0.6 is 23.5 Å². The number of amides is 1. The van der Waals surface area contributed by atoms with Gasteiger partial charge in [-0.3, -0.25) is 4.79 Å². The van der Waals surface area contributed by atoms with Crippen LogP contribution in [0.3, 0.4) is 0 Å². The quantitative estimate of drug-likeness (QED) is 0.807. The summed E-state index contributed by atoms with van der Waals surface area (Å²) in [6.45, 7) is 1.44. The molecule has 3 nitrogen and oxygen atoms in total. The molecule has 2 N–H and O–H groups in total. The largest absolute Gasteiger partial charge is 0.319 e. The van der Waals surface area contributed by atoms with E-state index in [1.54, 1.807) is 6.07 Å². The second-order valence-electron chi connectivity index (χ2n) is 6.49. The lowest BCUT2D eigenvalue weighted by atomic mass is 9.99. The second kappa shape index (κ2) is 8.03. The predicted molar refractivity (Wildman–Crippen MR) is 108 cm³/mol. The Labute approximate surface area is 161 Å². The molecule has 1 fully saturated rings. The fourth-order valence-electron chi connectivity index (χ4n) is 3.30. The summed E-state index contributed by atoms with van der Waals surface area (Å²) in [5.41, 5.74) is 3.74. The van der Waals surface area contributed by atoms with Crippen molar-refractivity contribution < 1.29 is 9.18 Å². The summed E-state index contributed by atoms with van der Waals surface area (Å²) in [7, 11) is 0. The van der Waals surface area contributed by atoms with Crippen LogP contribution in [0.5, 0.6) is 0 Å². The second-order valence-corrected chi connectivity index (χ2v) is 9.22. The fraction of sp³-hybridized carbons (Fsp3) is 0.350. The van der Waals surface area contributed by atoms with E-state index in [0.717, 1.165) is 12.1 Å². The van der Waals surface area contributed by atoms with Crippen molar-refractivity contribution in [3.8, 4) is 0 Å². The Morgan fingerprint density at radius 3 is 2.65 bits per heavy atom. The summed E-state index contributed by atoms with van der Waals surface area (Å²) >= 11 is 3.91. The first-order valence-corrected chi connectivity index (χ1v) is 11.0. The van der Waals surface area contributed by atoms with Gasteiger partial charge in [0.2, 0.25) is 0 Å². The lowest BCUT2D eigenvalue weighted by molar-refractivity contribution is 0.102. The van der Waals surface area contributed by atoms with Gasteiger partial charge >= 0.3 is 0 Å². The number of anilines is 1. The van der Waals surface area contributed by atoms with Crippen LogP contribution in [0.15, 0.2) is 36.4 Å². The zero-order valence-corrected chi connectivity index (χ0v) is 16.0. The van der Waals surface area contributed by atoms with E-state index in [0.29, 0.717) is 28.7 Å². The topological polar surface area (TPSA) is 41.1 Å². The number of benzene rings is 2. The normalized spacial score (nSPS) is 17.6. The third-order valence-electron chi connectivity index (χ3n) is 4.73. The van der Waals surface area contributed by atoms with E-state index in [-0.39, 0.29) is 17.4 Å². The van der Waals surface area contributed by atoms with E-state index in [9.17, 15) is 9.18 Å². The van der Waals surface area contributed by atoms with Crippen molar-refractivity contribution in [1.29, 1.82) is 0 Å². The molecular weight excluding hydrogens is 367 g/mol. The van der Waals surface area contributed by atoms with E-state index in [1.165, 1.54) is 23.5 Å². The molecule has 4 rings (SSSR count). The molecule has 6 heteroatoms. The number of halogens is 1. The van der Waals surface area contributed by atoms with Crippen LogP contribution in [-0.2, 0) is 13.0 Å². The van der Waals surface area contributed by atoms with Gasteiger partial charge in [0.05, 0.1) is 10.3 Å². The van der Waals surface area contributed by atoms with Gasteiger partial charge in [-0.25, -0.2) is 4.39 Å². The summed E-state index contributed by atoms with van der Waals surface area (Å²) in [5, 5.41) is 5.96. The van der Waals surface area contributed by atoms with E-state index in [1.807, 2.05) is 53.9 Å². The number of hydrogen-bond acceptors (Lipinski definition) is 4. The maximum absolute atomic E-state index is 14.7. The van der Waals surface area contributed by atoms with Gasteiger partial charge in [0.15, 0.2) is 0 Å². The summed E-state index contributed by atoms with van der Waals surface area (Å²) in [5.74, 6) is 1.80. The molecular formula is C20H21FN2OS2. The first-order valence-electron chi connectivity index (χ1n) is 8.88. The summed E-state index contributed by atoms with van der Waals surface area (Å²) in [6.07, 6.45) is 1.91. The smallest absolute Gasteiger partial charge is 0.255 e. The van der Waals surface area contributed by atoms with Crippen LogP contribution in [0.2, 0.25) is 0 Å². The Morgan fingerprint density at radius 2 is 1.88 bits per heavy atom. The maximum Gasteiger partial charge on any atom is 0.255 e. The molecule has 0 unspecified atom stereocenters. The van der Waals surface area contributed by atoms with Crippen LogP contribution in [0.1, 0.15) is 38.1 Å². The molecule has 0 aliphatic carbocycles. The Morgan fingerprint density at radius 1 is 1.12 bits per heavy atom. The minimum Gasteiger partial charge on any atom is -0.319 e. The predicted octanol–water partition coefficient (Wildman–Crippen LogP) is 4.59. The molecule has 0 bridgehead atoms. The maximum atomic E-state index is 14.7. The van der Waals surface area contributed by atoms with Crippen LogP contribution in [-0.4, -0.2) is 24.0 Å². The molecule has 0 aromatic heterocycles. The number of hydrogen-bond donors (Lipinski definition) is 2. The molecule has 0 atom stereocenters. The van der Waals surface area contributed by atoms with Gasteiger partial charge in [-0.15, -0.1) is 23.5 Å². The molecule has 1 saturated heterocycles. The number of thioether (sulfide) groups is 2. The van der Waals surface area contributed by atoms with Crippen molar-refractivity contribution in [1.82, 2.24) is 5.32 Å². The third-order valence-corrected chi connectivity index (χ3v) is 7.74. The van der Waals surface area contributed by atoms with Crippen LogP contribution in [0.25, 0.3) is 0 Å². The molecule has 0 radical (unpaired) electrons. The molecule has 2 aliphatic heterocycles. The van der Waals surface area contributed by atoms with Crippen molar-refractivity contribution in [3.05, 3.63) is 64.5 Å². The van der Waals surface area contributed by atoms with Crippen LogP contribution in [0.4, 0.5) is 10.1 Å². The van der Waals surface area contributed by atoms with E-state index < -0.39 is 0 Å². The van der Waals surface area contributed by atoms with E-state index in [2.05, 4.69) is 10.6 Å². The zero-order valence-electron chi connectivity index (χ0n) is 14.4. The van der Waals surface area contributed by atoms with Crippen molar-refractivity contribution >= 4 is 35.1 Å². The zero-order chi connectivity index (χ0) is 17.9. The highest BCUT2D eigenvalue weighted by molar-refractivity contribution is 8.16. The minimum atomic E-state index is -0.302. The minimum absolute atomic E-state index is 0.262. The number of rotatable bonds is 3. The average Bonchev–Trinajstić information content (AvgIpc) is 2.71. The van der Waals surface area contributed by atoms with Gasteiger partial charge < -0.3 is 10.6 Å². The Kier molecular flexibility index (Phi) is 5.52. The molecule has 1 amide bonds. The van der Waals surface area contributed by atoms with E-state index >= 15 is 0 Å². The summed E-state index contributed by atoms with van der Waals surface area (Å²) in [6, 6.07) is 11.2. The highest BCUT2D eigenvalue weighted by Gasteiger charge is 2.19. The molecule has 2 heterocycles. The Balaban J connectivity index is 1.48. The molecule has 0 spiro atoms. The van der Waals surface area contributed by atoms with Crippen molar-refractivity contribution in [2.75, 3.05) is 23.4 Å². The lowest BCUT2D eigenvalue weighted by Crippen LogP contribution is -2.25. The third kappa shape index (κ3) is 3.77. The molecule has 2 aliphatic rings. The average molecular weight is 389 g/mol.